The fourth-order valence-corrected chi connectivity index (χ4v) is 2.05. The molecular formula is C8H13F2N. The number of hydrogen-bond donors (Lipinski definition) is 1. The van der Waals surface area contributed by atoms with Gasteiger partial charge in [-0.2, -0.15) is 0 Å². The molecule has 3 heteroatoms. The minimum absolute atomic E-state index is 0.00579. The van der Waals surface area contributed by atoms with Gasteiger partial charge in [0.05, 0.1) is 0 Å². The summed E-state index contributed by atoms with van der Waals surface area (Å²) in [5, 5.41) is 3.10. The van der Waals surface area contributed by atoms with Crippen LogP contribution in [-0.4, -0.2) is 19.5 Å². The third-order valence-electron chi connectivity index (χ3n) is 2.96. The lowest BCUT2D eigenvalue weighted by molar-refractivity contribution is 0.0241. The van der Waals surface area contributed by atoms with Gasteiger partial charge in [-0.25, -0.2) is 8.78 Å². The van der Waals surface area contributed by atoms with Crippen LogP contribution in [0, 0.1) is 11.3 Å². The summed E-state index contributed by atoms with van der Waals surface area (Å²) in [6.07, 6.45) is 0.353. The molecule has 2 rings (SSSR count). The van der Waals surface area contributed by atoms with E-state index < -0.39 is 6.43 Å². The van der Waals surface area contributed by atoms with Crippen LogP contribution in [0.15, 0.2) is 0 Å². The molecule has 1 saturated carbocycles. The van der Waals surface area contributed by atoms with Crippen LogP contribution in [0.3, 0.4) is 0 Å². The maximum absolute atomic E-state index is 12.1. The van der Waals surface area contributed by atoms with Gasteiger partial charge in [0.1, 0.15) is 0 Å². The second kappa shape index (κ2) is 2.41. The fraction of sp³-hybridized carbons (Fsp3) is 1.00. The monoisotopic (exact) mass is 161 g/mol. The first-order valence-electron chi connectivity index (χ1n) is 4.22. The Kier molecular flexibility index (Phi) is 1.63. The van der Waals surface area contributed by atoms with E-state index in [2.05, 4.69) is 5.32 Å². The second-order valence-electron chi connectivity index (χ2n) is 3.84. The maximum Gasteiger partial charge on any atom is 0.239 e. The largest absolute Gasteiger partial charge is 0.316 e. The lowest BCUT2D eigenvalue weighted by Gasteiger charge is -2.43. The average molecular weight is 161 g/mol. The molecule has 64 valence electrons. The SMILES string of the molecule is FC(F)CC1(C2CC2)CNC1. The van der Waals surface area contributed by atoms with E-state index in [-0.39, 0.29) is 11.8 Å². The summed E-state index contributed by atoms with van der Waals surface area (Å²) in [6, 6.07) is 0. The van der Waals surface area contributed by atoms with Gasteiger partial charge in [-0.1, -0.05) is 0 Å². The predicted octanol–water partition coefficient (Wildman–Crippen LogP) is 1.64. The van der Waals surface area contributed by atoms with Gasteiger partial charge < -0.3 is 5.32 Å². The molecule has 1 N–H and O–H groups in total. The fourth-order valence-electron chi connectivity index (χ4n) is 2.05. The summed E-state index contributed by atoms with van der Waals surface area (Å²) in [7, 11) is 0. The zero-order valence-corrected chi connectivity index (χ0v) is 6.45. The van der Waals surface area contributed by atoms with Crippen molar-refractivity contribution in [3.05, 3.63) is 0 Å². The first-order valence-corrected chi connectivity index (χ1v) is 4.22. The smallest absolute Gasteiger partial charge is 0.239 e. The summed E-state index contributed by atoms with van der Waals surface area (Å²) < 4.78 is 24.2. The summed E-state index contributed by atoms with van der Waals surface area (Å²) in [5.41, 5.74) is -0.00579. The Balaban J connectivity index is 1.93. The van der Waals surface area contributed by atoms with E-state index >= 15 is 0 Å². The highest BCUT2D eigenvalue weighted by atomic mass is 19.3. The lowest BCUT2D eigenvalue weighted by Crippen LogP contribution is -2.55. The molecule has 1 heterocycles. The number of halogens is 2. The second-order valence-corrected chi connectivity index (χ2v) is 3.84. The highest BCUT2D eigenvalue weighted by Crippen LogP contribution is 2.50. The predicted molar refractivity (Wildman–Crippen MR) is 38.6 cm³/mol. The van der Waals surface area contributed by atoms with Gasteiger partial charge >= 0.3 is 0 Å². The van der Waals surface area contributed by atoms with Gasteiger partial charge in [-0.15, -0.1) is 0 Å². The number of alkyl halides is 2. The molecule has 0 aromatic carbocycles. The van der Waals surface area contributed by atoms with Gasteiger partial charge in [-0.3, -0.25) is 0 Å². The molecule has 0 atom stereocenters. The van der Waals surface area contributed by atoms with E-state index in [0.29, 0.717) is 5.92 Å². The first-order chi connectivity index (χ1) is 5.23. The van der Waals surface area contributed by atoms with Crippen molar-refractivity contribution in [1.82, 2.24) is 5.32 Å². The first kappa shape index (κ1) is 7.47. The van der Waals surface area contributed by atoms with E-state index in [4.69, 9.17) is 0 Å². The molecule has 11 heavy (non-hydrogen) atoms. The van der Waals surface area contributed by atoms with Crippen LogP contribution in [0.2, 0.25) is 0 Å². The third-order valence-corrected chi connectivity index (χ3v) is 2.96. The van der Waals surface area contributed by atoms with Gasteiger partial charge in [-0.05, 0) is 18.8 Å². The van der Waals surface area contributed by atoms with Crippen molar-refractivity contribution in [3.8, 4) is 0 Å². The highest BCUT2D eigenvalue weighted by Gasteiger charge is 2.50. The summed E-state index contributed by atoms with van der Waals surface area (Å²) in [6.45, 7) is 1.64. The van der Waals surface area contributed by atoms with Gasteiger partial charge in [0.25, 0.3) is 0 Å². The van der Waals surface area contributed by atoms with Crippen molar-refractivity contribution < 1.29 is 8.78 Å². The van der Waals surface area contributed by atoms with Gasteiger partial charge in [0.2, 0.25) is 6.43 Å². The summed E-state index contributed by atoms with van der Waals surface area (Å²) in [4.78, 5) is 0. The van der Waals surface area contributed by atoms with Crippen molar-refractivity contribution >= 4 is 0 Å². The molecule has 1 nitrogen and oxygen atoms in total. The zero-order valence-electron chi connectivity index (χ0n) is 6.45. The summed E-state index contributed by atoms with van der Waals surface area (Å²) in [5.74, 6) is 0.609. The molecule has 1 saturated heterocycles. The standard InChI is InChI=1S/C8H13F2N/c9-7(10)3-8(4-11-5-8)6-1-2-6/h6-7,11H,1-5H2. The van der Waals surface area contributed by atoms with Crippen molar-refractivity contribution in [1.29, 1.82) is 0 Å². The lowest BCUT2D eigenvalue weighted by atomic mass is 9.74. The molecule has 1 aliphatic heterocycles. The maximum atomic E-state index is 12.1. The zero-order chi connectivity index (χ0) is 7.90. The van der Waals surface area contributed by atoms with Crippen molar-refractivity contribution in [2.75, 3.05) is 13.1 Å². The molecule has 1 aliphatic carbocycles. The quantitative estimate of drug-likeness (QED) is 0.663. The van der Waals surface area contributed by atoms with E-state index in [1.807, 2.05) is 0 Å². The molecule has 0 radical (unpaired) electrons. The molecule has 2 aliphatic rings. The van der Waals surface area contributed by atoms with Crippen LogP contribution in [0.4, 0.5) is 8.78 Å². The number of hydrogen-bond acceptors (Lipinski definition) is 1. The van der Waals surface area contributed by atoms with Crippen molar-refractivity contribution in [2.24, 2.45) is 11.3 Å². The van der Waals surface area contributed by atoms with Crippen LogP contribution in [-0.2, 0) is 0 Å². The molecule has 0 amide bonds. The van der Waals surface area contributed by atoms with Gasteiger partial charge in [0.15, 0.2) is 0 Å². The molecule has 0 aromatic heterocycles. The van der Waals surface area contributed by atoms with E-state index in [9.17, 15) is 8.78 Å². The van der Waals surface area contributed by atoms with Crippen LogP contribution in [0.25, 0.3) is 0 Å². The Morgan fingerprint density at radius 1 is 1.36 bits per heavy atom. The van der Waals surface area contributed by atoms with Gasteiger partial charge in [0, 0.05) is 24.9 Å². The average Bonchev–Trinajstić information content (AvgIpc) is 2.59. The molecule has 2 fully saturated rings. The van der Waals surface area contributed by atoms with Crippen molar-refractivity contribution in [2.45, 2.75) is 25.7 Å². The molecule has 0 aromatic rings. The highest BCUT2D eigenvalue weighted by molar-refractivity contribution is 5.02. The minimum Gasteiger partial charge on any atom is -0.316 e. The Hall–Kier alpha value is -0.180. The van der Waals surface area contributed by atoms with Crippen molar-refractivity contribution in [3.63, 3.8) is 0 Å². The topological polar surface area (TPSA) is 12.0 Å². The summed E-state index contributed by atoms with van der Waals surface area (Å²) >= 11 is 0. The van der Waals surface area contributed by atoms with Crippen LogP contribution >= 0.6 is 0 Å². The molecule has 0 spiro atoms. The third kappa shape index (κ3) is 1.26. The van der Waals surface area contributed by atoms with E-state index in [1.165, 1.54) is 12.8 Å². The van der Waals surface area contributed by atoms with E-state index in [0.717, 1.165) is 13.1 Å². The Morgan fingerprint density at radius 2 is 2.00 bits per heavy atom. The van der Waals surface area contributed by atoms with E-state index in [1.54, 1.807) is 0 Å². The Bertz CT molecular complexity index is 150. The van der Waals surface area contributed by atoms with Crippen LogP contribution in [0.5, 0.6) is 0 Å². The van der Waals surface area contributed by atoms with Crippen LogP contribution < -0.4 is 5.32 Å². The Morgan fingerprint density at radius 3 is 2.27 bits per heavy atom. The molecular weight excluding hydrogens is 148 g/mol. The normalized spacial score (nSPS) is 28.6. The van der Waals surface area contributed by atoms with Crippen LogP contribution in [0.1, 0.15) is 19.3 Å². The minimum atomic E-state index is -2.11. The molecule has 0 unspecified atom stereocenters. The Labute approximate surface area is 65.2 Å². The number of rotatable bonds is 3. The number of nitrogens with one attached hydrogen (secondary N) is 1. The molecule has 0 bridgehead atoms.